The topological polar surface area (TPSA) is 66.6 Å². The lowest BCUT2D eigenvalue weighted by Crippen LogP contribution is -2.35. The van der Waals surface area contributed by atoms with E-state index in [1.807, 2.05) is 19.9 Å². The number of nitrogens with two attached hydrogens (primary N) is 1. The van der Waals surface area contributed by atoms with Crippen molar-refractivity contribution >= 4 is 11.6 Å². The largest absolute Gasteiger partial charge is 0.508 e. The normalized spacial score (nSPS) is 12.2. The van der Waals surface area contributed by atoms with Crippen LogP contribution >= 0.6 is 0 Å². The van der Waals surface area contributed by atoms with Gasteiger partial charge in [-0.15, -0.1) is 0 Å². The third-order valence-electron chi connectivity index (χ3n) is 2.74. The van der Waals surface area contributed by atoms with E-state index in [4.69, 9.17) is 5.73 Å². The molecule has 4 nitrogen and oxygen atoms in total. The summed E-state index contributed by atoms with van der Waals surface area (Å²) in [4.78, 5) is 13.8. The van der Waals surface area contributed by atoms with Gasteiger partial charge in [-0.3, -0.25) is 4.79 Å². The number of hydrogen-bond acceptors (Lipinski definition) is 3. The van der Waals surface area contributed by atoms with Crippen molar-refractivity contribution in [2.24, 2.45) is 11.7 Å². The Hall–Kier alpha value is -1.55. The number of phenolic OH excluding ortho intramolecular Hbond substituents is 1. The lowest BCUT2D eigenvalue weighted by Gasteiger charge is -2.24. The summed E-state index contributed by atoms with van der Waals surface area (Å²) in [5.41, 5.74) is 6.18. The first-order chi connectivity index (χ1) is 8.10. The Bertz CT molecular complexity index is 379. The fraction of sp³-hybridized carbons (Fsp3) is 0.462. The number of phenols is 1. The Labute approximate surface area is 102 Å². The van der Waals surface area contributed by atoms with Gasteiger partial charge in [0.05, 0.1) is 0 Å². The SMILES string of the molecule is CCN(C(=O)C(C)CCN)c1cccc(O)c1. The summed E-state index contributed by atoms with van der Waals surface area (Å²) in [6.07, 6.45) is 0.675. The van der Waals surface area contributed by atoms with Crippen LogP contribution in [0.2, 0.25) is 0 Å². The molecule has 0 aliphatic heterocycles. The highest BCUT2D eigenvalue weighted by Gasteiger charge is 2.20. The van der Waals surface area contributed by atoms with E-state index in [-0.39, 0.29) is 17.6 Å². The van der Waals surface area contributed by atoms with E-state index in [0.29, 0.717) is 19.5 Å². The van der Waals surface area contributed by atoms with E-state index < -0.39 is 0 Å². The fourth-order valence-electron chi connectivity index (χ4n) is 1.77. The molecule has 0 heterocycles. The van der Waals surface area contributed by atoms with E-state index in [1.54, 1.807) is 23.1 Å². The van der Waals surface area contributed by atoms with Crippen LogP contribution in [0.15, 0.2) is 24.3 Å². The second kappa shape index (κ2) is 6.25. The summed E-state index contributed by atoms with van der Waals surface area (Å²) < 4.78 is 0. The summed E-state index contributed by atoms with van der Waals surface area (Å²) in [6, 6.07) is 6.73. The second-order valence-corrected chi connectivity index (χ2v) is 4.08. The smallest absolute Gasteiger partial charge is 0.229 e. The van der Waals surface area contributed by atoms with Gasteiger partial charge >= 0.3 is 0 Å². The van der Waals surface area contributed by atoms with Gasteiger partial charge in [0, 0.05) is 24.2 Å². The molecule has 0 fully saturated rings. The van der Waals surface area contributed by atoms with Gasteiger partial charge in [0.15, 0.2) is 0 Å². The minimum Gasteiger partial charge on any atom is -0.508 e. The van der Waals surface area contributed by atoms with Crippen LogP contribution in [0.3, 0.4) is 0 Å². The van der Waals surface area contributed by atoms with Crippen molar-refractivity contribution in [3.8, 4) is 5.75 Å². The van der Waals surface area contributed by atoms with Crippen LogP contribution in [0.5, 0.6) is 5.75 Å². The molecule has 0 bridgehead atoms. The van der Waals surface area contributed by atoms with Crippen LogP contribution in [-0.2, 0) is 4.79 Å². The van der Waals surface area contributed by atoms with Crippen molar-refractivity contribution in [3.05, 3.63) is 24.3 Å². The van der Waals surface area contributed by atoms with Crippen LogP contribution in [-0.4, -0.2) is 24.1 Å². The Morgan fingerprint density at radius 1 is 1.53 bits per heavy atom. The minimum atomic E-state index is -0.0951. The van der Waals surface area contributed by atoms with E-state index in [2.05, 4.69) is 0 Å². The number of benzene rings is 1. The maximum Gasteiger partial charge on any atom is 0.229 e. The highest BCUT2D eigenvalue weighted by molar-refractivity contribution is 5.94. The van der Waals surface area contributed by atoms with Gasteiger partial charge in [-0.25, -0.2) is 0 Å². The number of rotatable bonds is 5. The Kier molecular flexibility index (Phi) is 4.97. The molecule has 1 rings (SSSR count). The van der Waals surface area contributed by atoms with Gasteiger partial charge in [0.1, 0.15) is 5.75 Å². The summed E-state index contributed by atoms with van der Waals surface area (Å²) >= 11 is 0. The van der Waals surface area contributed by atoms with E-state index in [9.17, 15) is 9.90 Å². The highest BCUT2D eigenvalue weighted by Crippen LogP contribution is 2.22. The van der Waals surface area contributed by atoms with Crippen LogP contribution in [0.4, 0.5) is 5.69 Å². The third-order valence-corrected chi connectivity index (χ3v) is 2.74. The lowest BCUT2D eigenvalue weighted by molar-refractivity contribution is -0.122. The molecule has 1 unspecified atom stereocenters. The van der Waals surface area contributed by atoms with Crippen molar-refractivity contribution in [1.29, 1.82) is 0 Å². The monoisotopic (exact) mass is 236 g/mol. The van der Waals surface area contributed by atoms with Crippen molar-refractivity contribution < 1.29 is 9.90 Å². The first-order valence-electron chi connectivity index (χ1n) is 5.90. The lowest BCUT2D eigenvalue weighted by atomic mass is 10.1. The molecular weight excluding hydrogens is 216 g/mol. The van der Waals surface area contributed by atoms with E-state index >= 15 is 0 Å². The number of nitrogens with zero attached hydrogens (tertiary/aromatic N) is 1. The molecule has 1 amide bonds. The Balaban J connectivity index is 2.88. The summed E-state index contributed by atoms with van der Waals surface area (Å²) in [7, 11) is 0. The van der Waals surface area contributed by atoms with Crippen molar-refractivity contribution in [2.45, 2.75) is 20.3 Å². The molecule has 0 aliphatic rings. The van der Waals surface area contributed by atoms with Gasteiger partial charge in [0.25, 0.3) is 0 Å². The standard InChI is InChI=1S/C13H20N2O2/c1-3-15(13(17)10(2)7-8-14)11-5-4-6-12(16)9-11/h4-6,9-10,16H,3,7-8,14H2,1-2H3. The molecule has 17 heavy (non-hydrogen) atoms. The number of carbonyl (C=O) groups is 1. The number of carbonyl (C=O) groups excluding carboxylic acids is 1. The first kappa shape index (κ1) is 13.5. The maximum atomic E-state index is 12.2. The quantitative estimate of drug-likeness (QED) is 0.818. The zero-order chi connectivity index (χ0) is 12.8. The van der Waals surface area contributed by atoms with E-state index in [1.165, 1.54) is 0 Å². The molecule has 1 atom stereocenters. The number of hydrogen-bond donors (Lipinski definition) is 2. The predicted octanol–water partition coefficient (Wildman–Crippen LogP) is 1.73. The molecule has 0 spiro atoms. The molecule has 1 aromatic carbocycles. The van der Waals surface area contributed by atoms with Crippen LogP contribution in [0.1, 0.15) is 20.3 Å². The first-order valence-corrected chi connectivity index (χ1v) is 5.90. The molecule has 3 N–H and O–H groups in total. The molecule has 0 aliphatic carbocycles. The second-order valence-electron chi connectivity index (χ2n) is 4.08. The van der Waals surface area contributed by atoms with Crippen molar-refractivity contribution in [2.75, 3.05) is 18.0 Å². The van der Waals surface area contributed by atoms with Crippen LogP contribution in [0.25, 0.3) is 0 Å². The Morgan fingerprint density at radius 3 is 2.76 bits per heavy atom. The van der Waals surface area contributed by atoms with Gasteiger partial charge in [0.2, 0.25) is 5.91 Å². The zero-order valence-corrected chi connectivity index (χ0v) is 10.4. The maximum absolute atomic E-state index is 12.2. The average molecular weight is 236 g/mol. The molecule has 0 saturated heterocycles. The fourth-order valence-corrected chi connectivity index (χ4v) is 1.77. The molecule has 0 radical (unpaired) electrons. The number of aromatic hydroxyl groups is 1. The Morgan fingerprint density at radius 2 is 2.24 bits per heavy atom. The minimum absolute atomic E-state index is 0.0450. The third kappa shape index (κ3) is 3.46. The number of amides is 1. The van der Waals surface area contributed by atoms with Gasteiger partial charge < -0.3 is 15.7 Å². The van der Waals surface area contributed by atoms with Crippen LogP contribution < -0.4 is 10.6 Å². The van der Waals surface area contributed by atoms with Crippen LogP contribution in [0, 0.1) is 5.92 Å². The summed E-state index contributed by atoms with van der Waals surface area (Å²) in [5.74, 6) is 0.117. The predicted molar refractivity (Wildman–Crippen MR) is 69.0 cm³/mol. The summed E-state index contributed by atoms with van der Waals surface area (Å²) in [5, 5.41) is 9.42. The number of anilines is 1. The van der Waals surface area contributed by atoms with Crippen molar-refractivity contribution in [1.82, 2.24) is 0 Å². The highest BCUT2D eigenvalue weighted by atomic mass is 16.3. The van der Waals surface area contributed by atoms with Crippen molar-refractivity contribution in [3.63, 3.8) is 0 Å². The van der Waals surface area contributed by atoms with Gasteiger partial charge in [-0.2, -0.15) is 0 Å². The molecule has 0 saturated carbocycles. The molecule has 1 aromatic rings. The van der Waals surface area contributed by atoms with E-state index in [0.717, 1.165) is 5.69 Å². The molecular formula is C13H20N2O2. The average Bonchev–Trinajstić information content (AvgIpc) is 2.30. The molecule has 0 aromatic heterocycles. The zero-order valence-electron chi connectivity index (χ0n) is 10.4. The summed E-state index contributed by atoms with van der Waals surface area (Å²) in [6.45, 7) is 4.87. The van der Waals surface area contributed by atoms with Gasteiger partial charge in [-0.05, 0) is 32.0 Å². The molecule has 94 valence electrons. The van der Waals surface area contributed by atoms with Gasteiger partial charge in [-0.1, -0.05) is 13.0 Å². The molecule has 4 heteroatoms.